The molecule has 1 aromatic heterocycles. The summed E-state index contributed by atoms with van der Waals surface area (Å²) in [5.74, 6) is -0.561. The van der Waals surface area contributed by atoms with Crippen LogP contribution in [0.1, 0.15) is 27.2 Å². The van der Waals surface area contributed by atoms with Crippen LogP contribution >= 0.6 is 0 Å². The summed E-state index contributed by atoms with van der Waals surface area (Å²) in [5, 5.41) is 2.99. The Labute approximate surface area is 203 Å². The maximum Gasteiger partial charge on any atom is 0.256 e. The minimum Gasteiger partial charge on any atom is -0.322 e. The smallest absolute Gasteiger partial charge is 0.256 e. The van der Waals surface area contributed by atoms with Crippen molar-refractivity contribution in [3.05, 3.63) is 113 Å². The number of benzene rings is 3. The molecular formula is C29H24FN3O2. The third kappa shape index (κ3) is 4.82. The van der Waals surface area contributed by atoms with Crippen LogP contribution in [0.3, 0.4) is 0 Å². The molecule has 0 unspecified atom stereocenters. The van der Waals surface area contributed by atoms with Gasteiger partial charge in [-0.1, -0.05) is 35.9 Å². The molecule has 5 rings (SSSR count). The number of halogens is 1. The van der Waals surface area contributed by atoms with Crippen LogP contribution in [0, 0.1) is 12.7 Å². The Balaban J connectivity index is 1.35. The largest absolute Gasteiger partial charge is 0.322 e. The number of carbonyl (C=O) groups is 2. The average Bonchev–Trinajstić information content (AvgIpc) is 3.29. The number of fused-ring (bicyclic) bond motifs is 1. The predicted octanol–water partition coefficient (Wildman–Crippen LogP) is 5.58. The Hall–Kier alpha value is -4.32. The van der Waals surface area contributed by atoms with Gasteiger partial charge in [-0.05, 0) is 78.6 Å². The summed E-state index contributed by atoms with van der Waals surface area (Å²) < 4.78 is 13.4. The molecule has 1 aliphatic rings. The van der Waals surface area contributed by atoms with E-state index in [1.165, 1.54) is 12.1 Å². The number of rotatable bonds is 5. The molecule has 174 valence electrons. The number of carbonyl (C=O) groups excluding carboxylic acids is 2. The van der Waals surface area contributed by atoms with Crippen molar-refractivity contribution in [1.29, 1.82) is 0 Å². The van der Waals surface area contributed by atoms with Gasteiger partial charge in [0.25, 0.3) is 5.91 Å². The van der Waals surface area contributed by atoms with E-state index in [4.69, 9.17) is 0 Å². The summed E-state index contributed by atoms with van der Waals surface area (Å²) in [5.41, 5.74) is 6.27. The second-order valence-corrected chi connectivity index (χ2v) is 8.65. The van der Waals surface area contributed by atoms with Crippen LogP contribution in [0.5, 0.6) is 0 Å². The molecule has 0 radical (unpaired) electrons. The minimum atomic E-state index is -0.322. The van der Waals surface area contributed by atoms with E-state index in [-0.39, 0.29) is 24.1 Å². The third-order valence-corrected chi connectivity index (χ3v) is 6.17. The molecule has 0 fully saturated rings. The maximum atomic E-state index is 13.4. The highest BCUT2D eigenvalue weighted by Gasteiger charge is 2.25. The molecular weight excluding hydrogens is 441 g/mol. The fourth-order valence-electron chi connectivity index (χ4n) is 4.42. The molecule has 0 aliphatic carbocycles. The lowest BCUT2D eigenvalue weighted by atomic mass is 9.97. The van der Waals surface area contributed by atoms with E-state index < -0.39 is 0 Å². The van der Waals surface area contributed by atoms with Crippen molar-refractivity contribution >= 4 is 23.2 Å². The van der Waals surface area contributed by atoms with E-state index in [2.05, 4.69) is 10.3 Å². The van der Waals surface area contributed by atoms with Gasteiger partial charge >= 0.3 is 0 Å². The second-order valence-electron chi connectivity index (χ2n) is 8.65. The molecule has 1 N–H and O–H groups in total. The molecule has 0 saturated carbocycles. The van der Waals surface area contributed by atoms with Crippen molar-refractivity contribution in [3.8, 4) is 11.1 Å². The first-order chi connectivity index (χ1) is 17.0. The fraction of sp³-hybridized carbons (Fsp3) is 0.138. The van der Waals surface area contributed by atoms with Crippen molar-refractivity contribution in [2.24, 2.45) is 0 Å². The molecule has 2 amide bonds. The number of amides is 2. The Morgan fingerprint density at radius 3 is 2.60 bits per heavy atom. The SMILES string of the molecule is Cc1ccc(-c2ccc(F)cc2)c(C(=O)Nc2ccc3c(c2)CCN3C(=O)Cc2ccccn2)c1. The summed E-state index contributed by atoms with van der Waals surface area (Å²) in [6.45, 7) is 2.53. The number of nitrogens with one attached hydrogen (secondary N) is 1. The van der Waals surface area contributed by atoms with Gasteiger partial charge in [-0.15, -0.1) is 0 Å². The molecule has 1 aliphatic heterocycles. The molecule has 0 bridgehead atoms. The molecule has 35 heavy (non-hydrogen) atoms. The molecule has 4 aromatic rings. The van der Waals surface area contributed by atoms with Crippen LogP contribution in [-0.2, 0) is 17.6 Å². The standard InChI is InChI=1S/C29H24FN3O2/c1-19-5-11-25(20-6-8-22(30)9-7-20)26(16-19)29(35)32-24-10-12-27-21(17-24)13-15-33(27)28(34)18-23-4-2-3-14-31-23/h2-12,14,16-17H,13,15,18H2,1H3,(H,32,35). The highest BCUT2D eigenvalue weighted by Crippen LogP contribution is 2.32. The fourth-order valence-corrected chi connectivity index (χ4v) is 4.42. The van der Waals surface area contributed by atoms with E-state index in [9.17, 15) is 14.0 Å². The number of hydrogen-bond donors (Lipinski definition) is 1. The van der Waals surface area contributed by atoms with Gasteiger partial charge in [0.1, 0.15) is 5.82 Å². The van der Waals surface area contributed by atoms with Crippen molar-refractivity contribution in [2.45, 2.75) is 19.8 Å². The molecule has 0 saturated heterocycles. The van der Waals surface area contributed by atoms with Crippen molar-refractivity contribution in [3.63, 3.8) is 0 Å². The van der Waals surface area contributed by atoms with E-state index >= 15 is 0 Å². The summed E-state index contributed by atoms with van der Waals surface area (Å²) in [6.07, 6.45) is 2.65. The lowest BCUT2D eigenvalue weighted by molar-refractivity contribution is -0.117. The van der Waals surface area contributed by atoms with Crippen LogP contribution in [0.4, 0.5) is 15.8 Å². The minimum absolute atomic E-state index is 0.00272. The maximum absolute atomic E-state index is 13.4. The van der Waals surface area contributed by atoms with Gasteiger partial charge in [-0.2, -0.15) is 0 Å². The van der Waals surface area contributed by atoms with Gasteiger partial charge in [0.15, 0.2) is 0 Å². The topological polar surface area (TPSA) is 62.3 Å². The molecule has 3 aromatic carbocycles. The van der Waals surface area contributed by atoms with Crippen molar-refractivity contribution in [1.82, 2.24) is 4.98 Å². The summed E-state index contributed by atoms with van der Waals surface area (Å²) in [6, 6.07) is 22.9. The highest BCUT2D eigenvalue weighted by atomic mass is 19.1. The van der Waals surface area contributed by atoms with Crippen LogP contribution in [0.25, 0.3) is 11.1 Å². The quantitative estimate of drug-likeness (QED) is 0.419. The van der Waals surface area contributed by atoms with E-state index in [1.807, 2.05) is 61.5 Å². The van der Waals surface area contributed by atoms with Gasteiger partial charge in [0.2, 0.25) is 5.91 Å². The highest BCUT2D eigenvalue weighted by molar-refractivity contribution is 6.09. The van der Waals surface area contributed by atoms with Gasteiger partial charge in [-0.3, -0.25) is 14.6 Å². The molecule has 6 heteroatoms. The van der Waals surface area contributed by atoms with Crippen LogP contribution < -0.4 is 10.2 Å². The number of aromatic nitrogens is 1. The summed E-state index contributed by atoms with van der Waals surface area (Å²) in [4.78, 5) is 32.1. The summed E-state index contributed by atoms with van der Waals surface area (Å²) in [7, 11) is 0. The lowest BCUT2D eigenvalue weighted by Crippen LogP contribution is -2.30. The first-order valence-corrected chi connectivity index (χ1v) is 11.5. The Kier molecular flexibility index (Phi) is 6.10. The predicted molar refractivity (Wildman–Crippen MR) is 135 cm³/mol. The van der Waals surface area contributed by atoms with E-state index in [0.717, 1.165) is 40.1 Å². The number of anilines is 2. The van der Waals surface area contributed by atoms with Crippen LogP contribution in [0.15, 0.2) is 85.1 Å². The Bertz CT molecular complexity index is 1400. The van der Waals surface area contributed by atoms with Gasteiger partial charge in [0.05, 0.1) is 6.42 Å². The van der Waals surface area contributed by atoms with Gasteiger partial charge in [-0.25, -0.2) is 4.39 Å². The van der Waals surface area contributed by atoms with Gasteiger partial charge < -0.3 is 10.2 Å². The van der Waals surface area contributed by atoms with Crippen molar-refractivity contribution in [2.75, 3.05) is 16.8 Å². The first-order valence-electron chi connectivity index (χ1n) is 11.5. The number of hydrogen-bond acceptors (Lipinski definition) is 3. The zero-order valence-electron chi connectivity index (χ0n) is 19.3. The van der Waals surface area contributed by atoms with Gasteiger partial charge in [0, 0.05) is 35.4 Å². The van der Waals surface area contributed by atoms with E-state index in [1.54, 1.807) is 23.2 Å². The van der Waals surface area contributed by atoms with Crippen LogP contribution in [0.2, 0.25) is 0 Å². The zero-order valence-corrected chi connectivity index (χ0v) is 19.3. The lowest BCUT2D eigenvalue weighted by Gasteiger charge is -2.18. The van der Waals surface area contributed by atoms with Crippen molar-refractivity contribution < 1.29 is 14.0 Å². The molecule has 0 atom stereocenters. The third-order valence-electron chi connectivity index (χ3n) is 6.17. The Morgan fingerprint density at radius 1 is 1.00 bits per heavy atom. The van der Waals surface area contributed by atoms with Crippen LogP contribution in [-0.4, -0.2) is 23.3 Å². The van der Waals surface area contributed by atoms with E-state index in [0.29, 0.717) is 17.8 Å². The Morgan fingerprint density at radius 2 is 1.83 bits per heavy atom. The molecule has 5 nitrogen and oxygen atoms in total. The normalized spacial score (nSPS) is 12.3. The molecule has 2 heterocycles. The summed E-state index contributed by atoms with van der Waals surface area (Å²) >= 11 is 0. The first kappa shape index (κ1) is 22.5. The molecule has 0 spiro atoms. The number of nitrogens with zero attached hydrogens (tertiary/aromatic N) is 2. The second kappa shape index (κ2) is 9.50. The number of pyridine rings is 1. The average molecular weight is 466 g/mol. The zero-order chi connectivity index (χ0) is 24.4. The monoisotopic (exact) mass is 465 g/mol. The number of aryl methyl sites for hydroxylation is 1.